The molecule has 12 heteroatoms. The molecule has 0 bridgehead atoms. The van der Waals surface area contributed by atoms with E-state index >= 15 is 0 Å². The van der Waals surface area contributed by atoms with E-state index in [0.29, 0.717) is 6.54 Å². The summed E-state index contributed by atoms with van der Waals surface area (Å²) in [5.41, 5.74) is 2.69. The lowest BCUT2D eigenvalue weighted by atomic mass is 10.0. The summed E-state index contributed by atoms with van der Waals surface area (Å²) >= 11 is 0. The first-order valence-corrected chi connectivity index (χ1v) is 15.0. The van der Waals surface area contributed by atoms with Gasteiger partial charge in [0.05, 0.1) is 19.2 Å². The van der Waals surface area contributed by atoms with Crippen LogP contribution in [0.4, 0.5) is 5.69 Å². The Labute approximate surface area is 257 Å². The van der Waals surface area contributed by atoms with Crippen LogP contribution in [0.25, 0.3) is 0 Å². The number of hydrogen-bond donors (Lipinski definition) is 5. The highest BCUT2D eigenvalue weighted by Crippen LogP contribution is 2.27. The van der Waals surface area contributed by atoms with Crippen LogP contribution < -0.4 is 26.2 Å². The molecule has 2 heterocycles. The number of carbonyl (C=O) groups is 5. The van der Waals surface area contributed by atoms with Gasteiger partial charge in [-0.2, -0.15) is 0 Å². The number of anilines is 1. The topological polar surface area (TPSA) is 160 Å². The number of amides is 5. The van der Waals surface area contributed by atoms with E-state index in [9.17, 15) is 29.1 Å². The van der Waals surface area contributed by atoms with Crippen LogP contribution >= 0.6 is 0 Å². The van der Waals surface area contributed by atoms with E-state index in [1.165, 1.54) is 6.92 Å². The predicted octanol–water partition coefficient (Wildman–Crippen LogP) is -0.259. The van der Waals surface area contributed by atoms with E-state index in [1.807, 2.05) is 54.6 Å². The highest BCUT2D eigenvalue weighted by Gasteiger charge is 2.34. The van der Waals surface area contributed by atoms with Crippen molar-refractivity contribution in [1.29, 1.82) is 0 Å². The largest absolute Gasteiger partial charge is 0.391 e. The molecular formula is C32H42N6O6. The number of benzene rings is 2. The molecule has 0 saturated carbocycles. The fourth-order valence-electron chi connectivity index (χ4n) is 5.47. The third kappa shape index (κ3) is 8.42. The lowest BCUT2D eigenvalue weighted by Crippen LogP contribution is -2.60. The highest BCUT2D eigenvalue weighted by molar-refractivity contribution is 5.97. The van der Waals surface area contributed by atoms with Crippen molar-refractivity contribution in [3.63, 3.8) is 0 Å². The van der Waals surface area contributed by atoms with Crippen LogP contribution in [0.15, 0.2) is 54.6 Å². The van der Waals surface area contributed by atoms with Gasteiger partial charge in [-0.3, -0.25) is 28.9 Å². The number of carbonyl (C=O) groups excluding carboxylic acids is 5. The fraction of sp³-hybridized carbons (Fsp3) is 0.469. The molecule has 2 aliphatic rings. The molecule has 1 fully saturated rings. The zero-order valence-electron chi connectivity index (χ0n) is 25.4. The number of aliphatic hydroxyl groups excluding tert-OH is 1. The van der Waals surface area contributed by atoms with Crippen molar-refractivity contribution in [2.24, 2.45) is 5.92 Å². The summed E-state index contributed by atoms with van der Waals surface area (Å²) in [7, 11) is 0. The van der Waals surface area contributed by atoms with Crippen LogP contribution in [0, 0.1) is 5.92 Å². The molecule has 5 amide bonds. The maximum absolute atomic E-state index is 13.5. The number of nitrogens with one attached hydrogen (secondary N) is 4. The van der Waals surface area contributed by atoms with E-state index < -0.39 is 47.9 Å². The van der Waals surface area contributed by atoms with Crippen molar-refractivity contribution >= 4 is 35.2 Å². The van der Waals surface area contributed by atoms with Crippen LogP contribution in [0.2, 0.25) is 0 Å². The number of aliphatic hydroxyl groups is 1. The molecule has 12 nitrogen and oxygen atoms in total. The Morgan fingerprint density at radius 3 is 2.27 bits per heavy atom. The smallest absolute Gasteiger partial charge is 0.245 e. The van der Waals surface area contributed by atoms with E-state index in [4.69, 9.17) is 0 Å². The summed E-state index contributed by atoms with van der Waals surface area (Å²) in [6, 6.07) is 13.4. The summed E-state index contributed by atoms with van der Waals surface area (Å²) in [6.45, 7) is 5.38. The average molecular weight is 607 g/mol. The van der Waals surface area contributed by atoms with Gasteiger partial charge in [-0.15, -0.1) is 0 Å². The molecule has 0 unspecified atom stereocenters. The van der Waals surface area contributed by atoms with Gasteiger partial charge in [-0.05, 0) is 36.5 Å². The zero-order valence-corrected chi connectivity index (χ0v) is 25.4. The normalized spacial score (nSPS) is 23.0. The van der Waals surface area contributed by atoms with Crippen molar-refractivity contribution in [1.82, 2.24) is 26.2 Å². The molecule has 0 aliphatic carbocycles. The minimum absolute atomic E-state index is 0.0489. The Balaban J connectivity index is 1.57. The first-order valence-electron chi connectivity index (χ1n) is 15.0. The third-order valence-corrected chi connectivity index (χ3v) is 7.89. The molecule has 4 rings (SSSR count). The summed E-state index contributed by atoms with van der Waals surface area (Å²) in [4.78, 5) is 70.0. The SMILES string of the molecule is CC(C)[C@H]1NC(=O)CN(CC(=O)N2CCc3ccccc32)CCNC(=O)[C@H]([C@@H](C)O)NC(=O)[C@H](Cc2ccccc2)NC1=O. The van der Waals surface area contributed by atoms with Crippen LogP contribution in [0.5, 0.6) is 0 Å². The molecule has 44 heavy (non-hydrogen) atoms. The maximum Gasteiger partial charge on any atom is 0.245 e. The molecule has 2 aliphatic heterocycles. The van der Waals surface area contributed by atoms with Crippen molar-refractivity contribution in [3.8, 4) is 0 Å². The second-order valence-corrected chi connectivity index (χ2v) is 11.7. The Morgan fingerprint density at radius 1 is 0.864 bits per heavy atom. The Kier molecular flexibility index (Phi) is 11.1. The molecule has 5 N–H and O–H groups in total. The lowest BCUT2D eigenvalue weighted by Gasteiger charge is -2.28. The number of fused-ring (bicyclic) bond motifs is 1. The minimum atomic E-state index is -1.29. The van der Waals surface area contributed by atoms with Gasteiger partial charge < -0.3 is 31.3 Å². The number of para-hydroxylation sites is 1. The van der Waals surface area contributed by atoms with Gasteiger partial charge in [0.25, 0.3) is 0 Å². The molecule has 236 valence electrons. The standard InChI is InChI=1S/C32H42N6O6/c1-20(2)28-32(44)34-24(17-22-9-5-4-6-10-22)30(42)36-29(21(3)39)31(43)33-14-16-37(18-26(40)35-28)19-27(41)38-15-13-23-11-7-8-12-25(23)38/h4-12,20-21,24,28-29,39H,13-19H2,1-3H3,(H,33,43)(H,34,44)(H,35,40)(H,36,42)/t21-,24+,28-,29+/m1/s1. The second kappa shape index (κ2) is 14.9. The van der Waals surface area contributed by atoms with Crippen LogP contribution in [-0.4, -0.2) is 96.5 Å². The summed E-state index contributed by atoms with van der Waals surface area (Å²) < 4.78 is 0. The van der Waals surface area contributed by atoms with E-state index in [-0.39, 0.29) is 44.4 Å². The molecule has 0 radical (unpaired) electrons. The monoisotopic (exact) mass is 606 g/mol. The molecule has 1 saturated heterocycles. The van der Waals surface area contributed by atoms with Gasteiger partial charge in [-0.1, -0.05) is 62.4 Å². The van der Waals surface area contributed by atoms with Crippen molar-refractivity contribution in [2.75, 3.05) is 37.6 Å². The minimum Gasteiger partial charge on any atom is -0.391 e. The van der Waals surface area contributed by atoms with Gasteiger partial charge >= 0.3 is 0 Å². The number of rotatable bonds is 6. The summed E-state index contributed by atoms with van der Waals surface area (Å²) in [5, 5.41) is 21.2. The van der Waals surface area contributed by atoms with Gasteiger partial charge in [0.2, 0.25) is 29.5 Å². The quantitative estimate of drug-likeness (QED) is 0.303. The molecule has 2 aromatic carbocycles. The van der Waals surface area contributed by atoms with Crippen molar-refractivity contribution < 1.29 is 29.1 Å². The summed E-state index contributed by atoms with van der Waals surface area (Å²) in [5.74, 6) is -2.82. The van der Waals surface area contributed by atoms with Crippen molar-refractivity contribution in [2.45, 2.75) is 57.8 Å². The molecule has 0 aromatic heterocycles. The third-order valence-electron chi connectivity index (χ3n) is 7.89. The van der Waals surface area contributed by atoms with Gasteiger partial charge in [-0.25, -0.2) is 0 Å². The predicted molar refractivity (Wildman–Crippen MR) is 164 cm³/mol. The van der Waals surface area contributed by atoms with Gasteiger partial charge in [0.15, 0.2) is 0 Å². The van der Waals surface area contributed by atoms with Gasteiger partial charge in [0, 0.05) is 31.7 Å². The molecule has 0 spiro atoms. The fourth-order valence-corrected chi connectivity index (χ4v) is 5.47. The van der Waals surface area contributed by atoms with Gasteiger partial charge in [0.1, 0.15) is 18.1 Å². The Bertz CT molecular complexity index is 1350. The van der Waals surface area contributed by atoms with Crippen LogP contribution in [0.1, 0.15) is 31.9 Å². The van der Waals surface area contributed by atoms with Crippen LogP contribution in [-0.2, 0) is 36.8 Å². The number of hydrogen-bond acceptors (Lipinski definition) is 7. The van der Waals surface area contributed by atoms with E-state index in [1.54, 1.807) is 23.6 Å². The zero-order chi connectivity index (χ0) is 31.8. The second-order valence-electron chi connectivity index (χ2n) is 11.7. The van der Waals surface area contributed by atoms with Crippen molar-refractivity contribution in [3.05, 3.63) is 65.7 Å². The number of nitrogens with zero attached hydrogens (tertiary/aromatic N) is 2. The highest BCUT2D eigenvalue weighted by atomic mass is 16.3. The van der Waals surface area contributed by atoms with E-state index in [2.05, 4.69) is 21.3 Å². The molecular weight excluding hydrogens is 564 g/mol. The van der Waals surface area contributed by atoms with Crippen LogP contribution in [0.3, 0.4) is 0 Å². The lowest BCUT2D eigenvalue weighted by molar-refractivity contribution is -0.135. The molecule has 2 aromatic rings. The average Bonchev–Trinajstić information content (AvgIpc) is 3.42. The van der Waals surface area contributed by atoms with E-state index in [0.717, 1.165) is 23.2 Å². The summed E-state index contributed by atoms with van der Waals surface area (Å²) in [6.07, 6.45) is -0.371. The first kappa shape index (κ1) is 32.6. The Hall–Kier alpha value is -4.29. The molecule has 4 atom stereocenters. The Morgan fingerprint density at radius 2 is 1.57 bits per heavy atom. The maximum atomic E-state index is 13.5. The first-order chi connectivity index (χ1) is 21.0.